The minimum absolute atomic E-state index is 0. The summed E-state index contributed by atoms with van der Waals surface area (Å²) >= 11 is 5.63. The fraction of sp³-hybridized carbons (Fsp3) is 0. The molecular formula is C6H7BrIN. The second-order valence-corrected chi connectivity index (χ2v) is 3.60. The number of halogens is 2. The molecule has 1 aromatic rings. The van der Waals surface area contributed by atoms with E-state index < -0.39 is 0 Å². The molecule has 50 valence electrons. The number of hydrogen-bond acceptors (Lipinski definition) is 1. The zero-order valence-corrected chi connectivity index (χ0v) is 8.52. The minimum atomic E-state index is 0. The predicted octanol–water partition coefficient (Wildman–Crippen LogP) is 3.22. The van der Waals surface area contributed by atoms with E-state index in [9.17, 15) is 0 Å². The van der Waals surface area contributed by atoms with Crippen molar-refractivity contribution in [1.82, 2.24) is 6.15 Å². The van der Waals surface area contributed by atoms with Crippen LogP contribution in [0.3, 0.4) is 0 Å². The topological polar surface area (TPSA) is 35.0 Å². The molecule has 0 aliphatic carbocycles. The summed E-state index contributed by atoms with van der Waals surface area (Å²) in [4.78, 5) is 0. The van der Waals surface area contributed by atoms with Gasteiger partial charge in [0.1, 0.15) is 0 Å². The lowest BCUT2D eigenvalue weighted by atomic mass is 10.4. The summed E-state index contributed by atoms with van der Waals surface area (Å²) in [6.45, 7) is 0. The molecule has 1 aromatic carbocycles. The van der Waals surface area contributed by atoms with E-state index in [-0.39, 0.29) is 6.15 Å². The second-order valence-electron chi connectivity index (χ2n) is 1.44. The Hall–Kier alpha value is 0.390. The molecular weight excluding hydrogens is 293 g/mol. The summed E-state index contributed by atoms with van der Waals surface area (Å²) in [7, 11) is 0. The highest BCUT2D eigenvalue weighted by molar-refractivity contribution is 14.1. The standard InChI is InChI=1S/C6H4BrI.H3N/c7-5-2-1-3-6(8)4-5;/h1-4H;1H3. The third-order valence-electron chi connectivity index (χ3n) is 0.787. The molecule has 0 unspecified atom stereocenters. The van der Waals surface area contributed by atoms with Gasteiger partial charge in [0, 0.05) is 8.04 Å². The van der Waals surface area contributed by atoms with Gasteiger partial charge in [-0.05, 0) is 40.8 Å². The summed E-state index contributed by atoms with van der Waals surface area (Å²) in [5.74, 6) is 0. The normalized spacial score (nSPS) is 8.22. The Kier molecular flexibility index (Phi) is 4.43. The quantitative estimate of drug-likeness (QED) is 0.734. The van der Waals surface area contributed by atoms with Gasteiger partial charge in [-0.2, -0.15) is 0 Å². The van der Waals surface area contributed by atoms with E-state index >= 15 is 0 Å². The van der Waals surface area contributed by atoms with Crippen LogP contribution in [0.4, 0.5) is 0 Å². The van der Waals surface area contributed by atoms with Crippen LogP contribution in [-0.4, -0.2) is 0 Å². The highest BCUT2D eigenvalue weighted by Crippen LogP contribution is 2.12. The summed E-state index contributed by atoms with van der Waals surface area (Å²) < 4.78 is 2.40. The Morgan fingerprint density at radius 2 is 2.00 bits per heavy atom. The van der Waals surface area contributed by atoms with E-state index in [1.54, 1.807) is 0 Å². The van der Waals surface area contributed by atoms with Crippen molar-refractivity contribution in [3.05, 3.63) is 32.3 Å². The van der Waals surface area contributed by atoms with Gasteiger partial charge in [-0.15, -0.1) is 0 Å². The van der Waals surface area contributed by atoms with Crippen LogP contribution in [0.2, 0.25) is 0 Å². The van der Waals surface area contributed by atoms with Crippen molar-refractivity contribution in [2.45, 2.75) is 0 Å². The van der Waals surface area contributed by atoms with Crippen LogP contribution in [0.1, 0.15) is 0 Å². The molecule has 9 heavy (non-hydrogen) atoms. The smallest absolute Gasteiger partial charge is 0.0185 e. The van der Waals surface area contributed by atoms with Crippen LogP contribution in [0.15, 0.2) is 28.7 Å². The van der Waals surface area contributed by atoms with Crippen LogP contribution in [0, 0.1) is 3.57 Å². The largest absolute Gasteiger partial charge is 0.344 e. The van der Waals surface area contributed by atoms with Crippen LogP contribution in [-0.2, 0) is 0 Å². The van der Waals surface area contributed by atoms with Gasteiger partial charge in [-0.1, -0.05) is 22.0 Å². The average molecular weight is 300 g/mol. The van der Waals surface area contributed by atoms with E-state index in [1.165, 1.54) is 3.57 Å². The fourth-order valence-corrected chi connectivity index (χ4v) is 1.83. The zero-order chi connectivity index (χ0) is 5.98. The van der Waals surface area contributed by atoms with Gasteiger partial charge >= 0.3 is 0 Å². The number of rotatable bonds is 0. The molecule has 0 aliphatic rings. The first-order valence-electron chi connectivity index (χ1n) is 2.20. The summed E-state index contributed by atoms with van der Waals surface area (Å²) in [5, 5.41) is 0. The van der Waals surface area contributed by atoms with Crippen LogP contribution < -0.4 is 6.15 Å². The summed E-state index contributed by atoms with van der Waals surface area (Å²) in [6.07, 6.45) is 0. The van der Waals surface area contributed by atoms with Crippen molar-refractivity contribution in [1.29, 1.82) is 0 Å². The van der Waals surface area contributed by atoms with E-state index in [0.29, 0.717) is 0 Å². The molecule has 3 heteroatoms. The number of hydrogen-bond donors (Lipinski definition) is 1. The zero-order valence-electron chi connectivity index (χ0n) is 4.77. The summed E-state index contributed by atoms with van der Waals surface area (Å²) in [5.41, 5.74) is 0. The van der Waals surface area contributed by atoms with Gasteiger partial charge in [0.2, 0.25) is 0 Å². The molecule has 0 atom stereocenters. The molecule has 0 saturated heterocycles. The van der Waals surface area contributed by atoms with Gasteiger partial charge in [0.25, 0.3) is 0 Å². The second kappa shape index (κ2) is 4.24. The van der Waals surface area contributed by atoms with E-state index in [4.69, 9.17) is 0 Å². The van der Waals surface area contributed by atoms with Gasteiger partial charge in [-0.3, -0.25) is 0 Å². The molecule has 1 rings (SSSR count). The molecule has 1 nitrogen and oxygen atoms in total. The lowest BCUT2D eigenvalue weighted by molar-refractivity contribution is 1.60. The van der Waals surface area contributed by atoms with Crippen LogP contribution >= 0.6 is 38.5 Å². The van der Waals surface area contributed by atoms with Crippen molar-refractivity contribution >= 4 is 38.5 Å². The van der Waals surface area contributed by atoms with Crippen molar-refractivity contribution in [3.8, 4) is 0 Å². The molecule has 3 N–H and O–H groups in total. The Balaban J connectivity index is 0.000000640. The van der Waals surface area contributed by atoms with Crippen molar-refractivity contribution in [2.75, 3.05) is 0 Å². The van der Waals surface area contributed by atoms with Crippen molar-refractivity contribution in [3.63, 3.8) is 0 Å². The maximum absolute atomic E-state index is 3.36. The third-order valence-corrected chi connectivity index (χ3v) is 1.95. The molecule has 0 amide bonds. The minimum Gasteiger partial charge on any atom is -0.344 e. The fourth-order valence-electron chi connectivity index (χ4n) is 0.460. The Labute approximate surface area is 76.7 Å². The highest BCUT2D eigenvalue weighted by atomic mass is 127. The SMILES string of the molecule is Brc1cccc(I)c1.N. The molecule has 0 saturated carbocycles. The van der Waals surface area contributed by atoms with Gasteiger partial charge < -0.3 is 6.15 Å². The highest BCUT2D eigenvalue weighted by Gasteiger charge is 1.84. The third kappa shape index (κ3) is 3.17. The maximum Gasteiger partial charge on any atom is 0.0185 e. The maximum atomic E-state index is 3.36. The first kappa shape index (κ1) is 9.39. The average Bonchev–Trinajstić information content (AvgIpc) is 1.64. The molecule has 0 radical (unpaired) electrons. The molecule has 0 heterocycles. The predicted molar refractivity (Wildman–Crippen MR) is 51.9 cm³/mol. The first-order chi connectivity index (χ1) is 3.79. The monoisotopic (exact) mass is 299 g/mol. The Bertz CT molecular complexity index is 173. The van der Waals surface area contributed by atoms with Gasteiger partial charge in [-0.25, -0.2) is 0 Å². The lowest BCUT2D eigenvalue weighted by Crippen LogP contribution is -1.66. The van der Waals surface area contributed by atoms with E-state index in [1.807, 2.05) is 12.1 Å². The van der Waals surface area contributed by atoms with E-state index in [2.05, 4.69) is 50.7 Å². The molecule has 0 aromatic heterocycles. The van der Waals surface area contributed by atoms with Gasteiger partial charge in [0.05, 0.1) is 0 Å². The number of benzene rings is 1. The first-order valence-corrected chi connectivity index (χ1v) is 4.07. The Morgan fingerprint density at radius 3 is 2.33 bits per heavy atom. The van der Waals surface area contributed by atoms with E-state index in [0.717, 1.165) is 4.47 Å². The molecule has 0 aliphatic heterocycles. The van der Waals surface area contributed by atoms with Crippen LogP contribution in [0.25, 0.3) is 0 Å². The molecule has 0 spiro atoms. The Morgan fingerprint density at radius 1 is 1.33 bits per heavy atom. The molecule has 0 fully saturated rings. The molecule has 0 bridgehead atoms. The lowest BCUT2D eigenvalue weighted by Gasteiger charge is -1.87. The van der Waals surface area contributed by atoms with Crippen molar-refractivity contribution in [2.24, 2.45) is 0 Å². The summed E-state index contributed by atoms with van der Waals surface area (Å²) in [6, 6.07) is 8.17. The van der Waals surface area contributed by atoms with Gasteiger partial charge in [0.15, 0.2) is 0 Å². The van der Waals surface area contributed by atoms with Crippen molar-refractivity contribution < 1.29 is 0 Å². The van der Waals surface area contributed by atoms with Crippen LogP contribution in [0.5, 0.6) is 0 Å².